The average Bonchev–Trinajstić information content (AvgIpc) is 3.30. The molecule has 3 rings (SSSR count). The van der Waals surface area contributed by atoms with Crippen LogP contribution in [0.4, 0.5) is 14.5 Å². The van der Waals surface area contributed by atoms with Gasteiger partial charge in [0.25, 0.3) is 12.3 Å². The predicted octanol–water partition coefficient (Wildman–Crippen LogP) is 2.94. The molecule has 0 aliphatic heterocycles. The Morgan fingerprint density at radius 3 is 2.59 bits per heavy atom. The van der Waals surface area contributed by atoms with Crippen LogP contribution in [0.1, 0.15) is 67.8 Å². The van der Waals surface area contributed by atoms with E-state index in [1.54, 1.807) is 6.20 Å². The standard InChI is InChI=1S/C19H26F2N6O2/c1-4-26-9-14(17(25-26)19(29)22-8-11(2)3)23-16(28)10-27-15(18(20)21)7-13(24-27)12-5-6-12/h7,9,11-12,18H,4-6,8,10H2,1-3H3,(H,22,29)(H,23,28). The number of aryl methyl sites for hydroxylation is 1. The Morgan fingerprint density at radius 2 is 2.00 bits per heavy atom. The quantitative estimate of drug-likeness (QED) is 0.667. The van der Waals surface area contributed by atoms with Gasteiger partial charge in [0.15, 0.2) is 5.69 Å². The largest absolute Gasteiger partial charge is 0.350 e. The molecule has 2 N–H and O–H groups in total. The first-order valence-electron chi connectivity index (χ1n) is 9.79. The van der Waals surface area contributed by atoms with Crippen LogP contribution in [-0.4, -0.2) is 37.9 Å². The Hall–Kier alpha value is -2.78. The fourth-order valence-corrected chi connectivity index (χ4v) is 2.88. The summed E-state index contributed by atoms with van der Waals surface area (Å²) in [6, 6.07) is 1.37. The van der Waals surface area contributed by atoms with Crippen LogP contribution in [0.15, 0.2) is 12.3 Å². The number of nitrogens with one attached hydrogen (secondary N) is 2. The van der Waals surface area contributed by atoms with Gasteiger partial charge < -0.3 is 10.6 Å². The number of alkyl halides is 2. The Balaban J connectivity index is 1.73. The fraction of sp³-hybridized carbons (Fsp3) is 0.579. The first-order valence-corrected chi connectivity index (χ1v) is 9.79. The number of carbonyl (C=O) groups excluding carboxylic acids is 2. The van der Waals surface area contributed by atoms with E-state index in [1.165, 1.54) is 10.7 Å². The minimum atomic E-state index is -2.72. The summed E-state index contributed by atoms with van der Waals surface area (Å²) in [5.41, 5.74) is 0.655. The average molecular weight is 408 g/mol. The van der Waals surface area contributed by atoms with Crippen LogP contribution in [0, 0.1) is 5.92 Å². The maximum absolute atomic E-state index is 13.3. The Morgan fingerprint density at radius 1 is 1.28 bits per heavy atom. The number of nitrogens with zero attached hydrogens (tertiary/aromatic N) is 4. The van der Waals surface area contributed by atoms with Crippen molar-refractivity contribution in [3.05, 3.63) is 29.3 Å². The Labute approximate surface area is 167 Å². The molecule has 2 aromatic rings. The summed E-state index contributed by atoms with van der Waals surface area (Å²) in [6.07, 6.45) is 0.686. The molecule has 1 saturated carbocycles. The molecular weight excluding hydrogens is 382 g/mol. The summed E-state index contributed by atoms with van der Waals surface area (Å²) in [4.78, 5) is 24.9. The lowest BCUT2D eigenvalue weighted by Gasteiger charge is -2.09. The number of hydrogen-bond acceptors (Lipinski definition) is 4. The van der Waals surface area contributed by atoms with Crippen molar-refractivity contribution < 1.29 is 18.4 Å². The second-order valence-electron chi connectivity index (χ2n) is 7.63. The van der Waals surface area contributed by atoms with Crippen molar-refractivity contribution in [2.24, 2.45) is 5.92 Å². The van der Waals surface area contributed by atoms with Crippen LogP contribution < -0.4 is 10.6 Å². The molecule has 0 saturated heterocycles. The maximum Gasteiger partial charge on any atom is 0.280 e. The van der Waals surface area contributed by atoms with Crippen LogP contribution in [0.3, 0.4) is 0 Å². The molecule has 0 aromatic carbocycles. The minimum Gasteiger partial charge on any atom is -0.350 e. The molecule has 0 atom stereocenters. The zero-order chi connectivity index (χ0) is 21.1. The first kappa shape index (κ1) is 20.9. The summed E-state index contributed by atoms with van der Waals surface area (Å²) in [7, 11) is 0. The van der Waals surface area contributed by atoms with E-state index >= 15 is 0 Å². The molecule has 2 aromatic heterocycles. The number of halogens is 2. The monoisotopic (exact) mass is 408 g/mol. The Kier molecular flexibility index (Phi) is 6.29. The summed E-state index contributed by atoms with van der Waals surface area (Å²) < 4.78 is 29.2. The smallest absolute Gasteiger partial charge is 0.280 e. The predicted molar refractivity (Wildman–Crippen MR) is 103 cm³/mol. The summed E-state index contributed by atoms with van der Waals surface area (Å²) in [5.74, 6) is -0.482. The van der Waals surface area contributed by atoms with E-state index in [0.717, 1.165) is 17.5 Å². The highest BCUT2D eigenvalue weighted by Crippen LogP contribution is 2.40. The van der Waals surface area contributed by atoms with Gasteiger partial charge in [-0.3, -0.25) is 19.0 Å². The number of hydrogen-bond donors (Lipinski definition) is 2. The molecular formula is C19H26F2N6O2. The van der Waals surface area contributed by atoms with Crippen LogP contribution in [-0.2, 0) is 17.9 Å². The van der Waals surface area contributed by atoms with Gasteiger partial charge in [-0.1, -0.05) is 13.8 Å². The van der Waals surface area contributed by atoms with Gasteiger partial charge in [0.2, 0.25) is 5.91 Å². The molecule has 2 amide bonds. The number of amides is 2. The second-order valence-corrected chi connectivity index (χ2v) is 7.63. The molecule has 0 spiro atoms. The number of carbonyl (C=O) groups is 2. The third-order valence-corrected chi connectivity index (χ3v) is 4.59. The molecule has 2 heterocycles. The lowest BCUT2D eigenvalue weighted by Crippen LogP contribution is -2.29. The zero-order valence-electron chi connectivity index (χ0n) is 16.8. The lowest BCUT2D eigenvalue weighted by molar-refractivity contribution is -0.117. The van der Waals surface area contributed by atoms with Crippen molar-refractivity contribution in [3.63, 3.8) is 0 Å². The number of aromatic nitrogens is 4. The second kappa shape index (κ2) is 8.71. The van der Waals surface area contributed by atoms with Crippen LogP contribution in [0.2, 0.25) is 0 Å². The number of rotatable bonds is 9. The van der Waals surface area contributed by atoms with Crippen LogP contribution >= 0.6 is 0 Å². The van der Waals surface area contributed by atoms with Crippen LogP contribution in [0.5, 0.6) is 0 Å². The van der Waals surface area contributed by atoms with E-state index in [-0.39, 0.29) is 35.5 Å². The van der Waals surface area contributed by atoms with Gasteiger partial charge in [0.1, 0.15) is 12.2 Å². The third kappa shape index (κ3) is 5.18. The molecule has 1 aliphatic carbocycles. The fourth-order valence-electron chi connectivity index (χ4n) is 2.88. The highest BCUT2D eigenvalue weighted by molar-refractivity contribution is 6.02. The SMILES string of the molecule is CCn1cc(NC(=O)Cn2nc(C3CC3)cc2C(F)F)c(C(=O)NCC(C)C)n1. The molecule has 158 valence electrons. The summed E-state index contributed by atoms with van der Waals surface area (Å²) >= 11 is 0. The van der Waals surface area contributed by atoms with Crippen molar-refractivity contribution in [3.8, 4) is 0 Å². The molecule has 1 fully saturated rings. The molecule has 10 heteroatoms. The van der Waals surface area contributed by atoms with E-state index in [2.05, 4.69) is 20.8 Å². The molecule has 29 heavy (non-hydrogen) atoms. The molecule has 0 unspecified atom stereocenters. The van der Waals surface area contributed by atoms with Crippen molar-refractivity contribution in [1.29, 1.82) is 0 Å². The molecule has 0 bridgehead atoms. The molecule has 1 aliphatic rings. The highest BCUT2D eigenvalue weighted by Gasteiger charge is 2.29. The van der Waals surface area contributed by atoms with Gasteiger partial charge in [-0.2, -0.15) is 10.2 Å². The first-order chi connectivity index (χ1) is 13.8. The van der Waals surface area contributed by atoms with Crippen molar-refractivity contribution >= 4 is 17.5 Å². The van der Waals surface area contributed by atoms with Gasteiger partial charge in [0, 0.05) is 25.2 Å². The molecule has 0 radical (unpaired) electrons. The van der Waals surface area contributed by atoms with Crippen LogP contribution in [0.25, 0.3) is 0 Å². The zero-order valence-corrected chi connectivity index (χ0v) is 16.8. The topological polar surface area (TPSA) is 93.8 Å². The summed E-state index contributed by atoms with van der Waals surface area (Å²) in [6.45, 7) is 6.41. The number of anilines is 1. The van der Waals surface area contributed by atoms with Gasteiger partial charge in [-0.25, -0.2) is 8.78 Å². The lowest BCUT2D eigenvalue weighted by atomic mass is 10.2. The van der Waals surface area contributed by atoms with E-state index in [9.17, 15) is 18.4 Å². The van der Waals surface area contributed by atoms with E-state index in [0.29, 0.717) is 18.8 Å². The van der Waals surface area contributed by atoms with Gasteiger partial charge >= 0.3 is 0 Å². The van der Waals surface area contributed by atoms with Crippen molar-refractivity contribution in [1.82, 2.24) is 24.9 Å². The Bertz CT molecular complexity index is 885. The highest BCUT2D eigenvalue weighted by atomic mass is 19.3. The van der Waals surface area contributed by atoms with Gasteiger partial charge in [0.05, 0.1) is 11.4 Å². The molecule has 8 nitrogen and oxygen atoms in total. The van der Waals surface area contributed by atoms with Crippen molar-refractivity contribution in [2.45, 2.75) is 59.0 Å². The summed E-state index contributed by atoms with van der Waals surface area (Å²) in [5, 5.41) is 13.8. The third-order valence-electron chi connectivity index (χ3n) is 4.59. The van der Waals surface area contributed by atoms with Gasteiger partial charge in [-0.05, 0) is 31.7 Å². The van der Waals surface area contributed by atoms with Crippen molar-refractivity contribution in [2.75, 3.05) is 11.9 Å². The van der Waals surface area contributed by atoms with E-state index in [1.807, 2.05) is 20.8 Å². The normalized spacial score (nSPS) is 13.9. The van der Waals surface area contributed by atoms with Gasteiger partial charge in [-0.15, -0.1) is 0 Å². The maximum atomic E-state index is 13.3. The van der Waals surface area contributed by atoms with E-state index < -0.39 is 18.2 Å². The van der Waals surface area contributed by atoms with E-state index in [4.69, 9.17) is 0 Å². The minimum absolute atomic E-state index is 0.0917.